The molecule has 2 aromatic carbocycles. The van der Waals surface area contributed by atoms with E-state index >= 15 is 0 Å². The molecule has 0 fully saturated rings. The molecule has 0 aliphatic rings. The summed E-state index contributed by atoms with van der Waals surface area (Å²) in [5.41, 5.74) is 2.21. The number of nitrogens with one attached hydrogen (secondary N) is 1. The van der Waals surface area contributed by atoms with Gasteiger partial charge in [0.1, 0.15) is 18.3 Å². The molecule has 34 heavy (non-hydrogen) atoms. The molecule has 0 aromatic heterocycles. The van der Waals surface area contributed by atoms with Crippen LogP contribution in [0.1, 0.15) is 37.8 Å². The van der Waals surface area contributed by atoms with E-state index in [1.54, 1.807) is 24.3 Å². The van der Waals surface area contributed by atoms with E-state index in [1.165, 1.54) is 12.0 Å². The average Bonchev–Trinajstić information content (AvgIpc) is 2.80. The van der Waals surface area contributed by atoms with Crippen LogP contribution in [0.3, 0.4) is 0 Å². The van der Waals surface area contributed by atoms with Crippen molar-refractivity contribution in [2.75, 3.05) is 30.8 Å². The van der Waals surface area contributed by atoms with Crippen LogP contribution in [-0.2, 0) is 26.2 Å². The van der Waals surface area contributed by atoms with Crippen LogP contribution in [0, 0.1) is 6.92 Å². The van der Waals surface area contributed by atoms with Crippen LogP contribution in [0.25, 0.3) is 0 Å². The third kappa shape index (κ3) is 7.48. The van der Waals surface area contributed by atoms with Gasteiger partial charge in [-0.2, -0.15) is 0 Å². The lowest BCUT2D eigenvalue weighted by Gasteiger charge is -2.33. The van der Waals surface area contributed by atoms with Gasteiger partial charge in [-0.3, -0.25) is 13.9 Å². The highest BCUT2D eigenvalue weighted by Gasteiger charge is 2.31. The Morgan fingerprint density at radius 1 is 1.09 bits per heavy atom. The first-order chi connectivity index (χ1) is 16.1. The number of hydrogen-bond donors (Lipinski definition) is 1. The maximum atomic E-state index is 13.6. The highest BCUT2D eigenvalue weighted by atomic mass is 32.2. The molecule has 2 amide bonds. The highest BCUT2D eigenvalue weighted by Crippen LogP contribution is 2.24. The molecular weight excluding hydrogens is 454 g/mol. The van der Waals surface area contributed by atoms with Gasteiger partial charge in [0, 0.05) is 19.2 Å². The second-order valence-corrected chi connectivity index (χ2v) is 10.1. The predicted molar refractivity (Wildman–Crippen MR) is 134 cm³/mol. The van der Waals surface area contributed by atoms with Crippen molar-refractivity contribution in [3.05, 3.63) is 59.7 Å². The fourth-order valence-corrected chi connectivity index (χ4v) is 4.51. The van der Waals surface area contributed by atoms with Gasteiger partial charge in [-0.15, -0.1) is 0 Å². The first kappa shape index (κ1) is 27.2. The van der Waals surface area contributed by atoms with Gasteiger partial charge in [0.25, 0.3) is 0 Å². The first-order valence-corrected chi connectivity index (χ1v) is 13.2. The summed E-state index contributed by atoms with van der Waals surface area (Å²) < 4.78 is 31.5. The monoisotopic (exact) mass is 489 g/mol. The summed E-state index contributed by atoms with van der Waals surface area (Å²) in [4.78, 5) is 28.0. The number of carbonyl (C=O) groups is 2. The molecule has 0 saturated heterocycles. The quantitative estimate of drug-likeness (QED) is 0.494. The maximum absolute atomic E-state index is 13.6. The summed E-state index contributed by atoms with van der Waals surface area (Å²) in [5, 5.41) is 2.86. The summed E-state index contributed by atoms with van der Waals surface area (Å²) in [6.07, 6.45) is 2.22. The number of anilines is 1. The van der Waals surface area contributed by atoms with Crippen LogP contribution in [0.2, 0.25) is 0 Å². The number of sulfonamides is 1. The van der Waals surface area contributed by atoms with Gasteiger partial charge >= 0.3 is 0 Å². The lowest BCUT2D eigenvalue weighted by atomic mass is 10.1. The van der Waals surface area contributed by atoms with Gasteiger partial charge in [0.05, 0.1) is 19.1 Å². The maximum Gasteiger partial charge on any atom is 0.244 e. The minimum Gasteiger partial charge on any atom is -0.497 e. The number of carbonyl (C=O) groups excluding carboxylic acids is 2. The van der Waals surface area contributed by atoms with Crippen LogP contribution >= 0.6 is 0 Å². The third-order valence-corrected chi connectivity index (χ3v) is 6.53. The zero-order valence-corrected chi connectivity index (χ0v) is 21.4. The number of nitrogens with zero attached hydrogens (tertiary/aromatic N) is 2. The van der Waals surface area contributed by atoms with E-state index in [0.29, 0.717) is 24.4 Å². The summed E-state index contributed by atoms with van der Waals surface area (Å²) >= 11 is 0. The van der Waals surface area contributed by atoms with E-state index in [-0.39, 0.29) is 12.5 Å². The van der Waals surface area contributed by atoms with Gasteiger partial charge in [-0.1, -0.05) is 49.7 Å². The van der Waals surface area contributed by atoms with E-state index in [9.17, 15) is 18.0 Å². The Morgan fingerprint density at radius 2 is 1.79 bits per heavy atom. The number of aryl methyl sites for hydroxylation is 1. The van der Waals surface area contributed by atoms with Crippen molar-refractivity contribution in [2.45, 2.75) is 46.2 Å². The largest absolute Gasteiger partial charge is 0.497 e. The van der Waals surface area contributed by atoms with E-state index in [2.05, 4.69) is 5.32 Å². The van der Waals surface area contributed by atoms with Crippen molar-refractivity contribution in [3.63, 3.8) is 0 Å². The van der Waals surface area contributed by atoms with Crippen molar-refractivity contribution < 1.29 is 22.7 Å². The molecule has 0 bridgehead atoms. The Morgan fingerprint density at radius 3 is 2.38 bits per heavy atom. The molecule has 1 atom stereocenters. The Labute approximate surface area is 202 Å². The molecule has 0 spiro atoms. The minimum atomic E-state index is -3.79. The second-order valence-electron chi connectivity index (χ2n) is 8.20. The van der Waals surface area contributed by atoms with Crippen molar-refractivity contribution in [1.82, 2.24) is 10.2 Å². The fraction of sp³-hybridized carbons (Fsp3) is 0.440. The highest BCUT2D eigenvalue weighted by molar-refractivity contribution is 7.92. The molecule has 0 saturated carbocycles. The standard InChI is InChI=1S/C25H35N3O5S/c1-6-14-26-25(30)23(7-2)27(17-20-11-8-10-19(3)15-20)24(29)18-28(34(5,31)32)21-12-9-13-22(16-21)33-4/h8-13,15-16,23H,6-7,14,17-18H2,1-5H3,(H,26,30)/t23-/m0/s1. The van der Waals surface area contributed by atoms with Gasteiger partial charge in [-0.05, 0) is 37.5 Å². The van der Waals surface area contributed by atoms with Crippen molar-refractivity contribution in [1.29, 1.82) is 0 Å². The lowest BCUT2D eigenvalue weighted by molar-refractivity contribution is -0.140. The summed E-state index contributed by atoms with van der Waals surface area (Å²) in [7, 11) is -2.30. The molecule has 186 valence electrons. The number of rotatable bonds is 12. The van der Waals surface area contributed by atoms with Crippen molar-refractivity contribution >= 4 is 27.5 Å². The molecule has 8 nitrogen and oxygen atoms in total. The first-order valence-electron chi connectivity index (χ1n) is 11.3. The summed E-state index contributed by atoms with van der Waals surface area (Å²) in [6, 6.07) is 13.5. The molecule has 2 rings (SSSR count). The minimum absolute atomic E-state index is 0.189. The van der Waals surface area contributed by atoms with Crippen molar-refractivity contribution in [2.24, 2.45) is 0 Å². The van der Waals surface area contributed by atoms with Crippen LogP contribution in [0.15, 0.2) is 48.5 Å². The molecule has 0 unspecified atom stereocenters. The van der Waals surface area contributed by atoms with Gasteiger partial charge in [0.2, 0.25) is 21.8 Å². The number of ether oxygens (including phenoxy) is 1. The Hall–Kier alpha value is -3.07. The van der Waals surface area contributed by atoms with E-state index in [1.807, 2.05) is 45.0 Å². The van der Waals surface area contributed by atoms with E-state index in [4.69, 9.17) is 4.74 Å². The lowest BCUT2D eigenvalue weighted by Crippen LogP contribution is -2.52. The van der Waals surface area contributed by atoms with E-state index < -0.39 is 28.5 Å². The summed E-state index contributed by atoms with van der Waals surface area (Å²) in [6.45, 7) is 6.00. The topological polar surface area (TPSA) is 96.0 Å². The SMILES string of the molecule is CCCNC(=O)[C@H](CC)N(Cc1cccc(C)c1)C(=O)CN(c1cccc(OC)c1)S(C)(=O)=O. The normalized spacial score (nSPS) is 12.0. The van der Waals surface area contributed by atoms with Crippen molar-refractivity contribution in [3.8, 4) is 5.75 Å². The fourth-order valence-electron chi connectivity index (χ4n) is 3.67. The molecule has 1 N–H and O–H groups in total. The molecule has 0 radical (unpaired) electrons. The van der Waals surface area contributed by atoms with E-state index in [0.717, 1.165) is 28.1 Å². The second kappa shape index (κ2) is 12.4. The van der Waals surface area contributed by atoms with Crippen LogP contribution < -0.4 is 14.4 Å². The average molecular weight is 490 g/mol. The Bertz CT molecular complexity index is 1090. The predicted octanol–water partition coefficient (Wildman–Crippen LogP) is 3.10. The zero-order valence-electron chi connectivity index (χ0n) is 20.6. The Kier molecular flexibility index (Phi) is 9.92. The Balaban J connectivity index is 2.43. The molecule has 2 aromatic rings. The zero-order chi connectivity index (χ0) is 25.3. The number of hydrogen-bond acceptors (Lipinski definition) is 5. The van der Waals surface area contributed by atoms with Crippen LogP contribution in [-0.4, -0.2) is 57.6 Å². The number of amides is 2. The molecular formula is C25H35N3O5S. The number of benzene rings is 2. The summed E-state index contributed by atoms with van der Waals surface area (Å²) in [5.74, 6) is -0.244. The third-order valence-electron chi connectivity index (χ3n) is 5.39. The molecule has 9 heteroatoms. The molecule has 0 aliphatic heterocycles. The molecule has 0 heterocycles. The van der Waals surface area contributed by atoms with Gasteiger partial charge in [0.15, 0.2) is 0 Å². The van der Waals surface area contributed by atoms with Gasteiger partial charge < -0.3 is 15.0 Å². The number of methoxy groups -OCH3 is 1. The molecule has 0 aliphatic carbocycles. The van der Waals surface area contributed by atoms with Gasteiger partial charge in [-0.25, -0.2) is 8.42 Å². The van der Waals surface area contributed by atoms with Crippen LogP contribution in [0.4, 0.5) is 5.69 Å². The smallest absolute Gasteiger partial charge is 0.244 e. The van der Waals surface area contributed by atoms with Crippen LogP contribution in [0.5, 0.6) is 5.75 Å².